The molecule has 0 spiro atoms. The van der Waals surface area contributed by atoms with E-state index in [1.165, 1.54) is 6.42 Å². The fourth-order valence-corrected chi connectivity index (χ4v) is 4.08. The molecule has 0 radical (unpaired) electrons. The normalized spacial score (nSPS) is 24.4. The van der Waals surface area contributed by atoms with E-state index in [4.69, 9.17) is 10.5 Å². The second-order valence-corrected chi connectivity index (χ2v) is 8.09. The number of benzene rings is 1. The maximum atomic E-state index is 12.9. The molecule has 1 aromatic carbocycles. The Morgan fingerprint density at radius 1 is 1.27 bits per heavy atom. The minimum absolute atomic E-state index is 0.120. The molecule has 4 heteroatoms. The molecule has 1 fully saturated rings. The number of hydrogen-bond acceptors (Lipinski definition) is 3. The average Bonchev–Trinajstić information content (AvgIpc) is 2.64. The van der Waals surface area contributed by atoms with Gasteiger partial charge in [-0.2, -0.15) is 0 Å². The van der Waals surface area contributed by atoms with E-state index in [-0.39, 0.29) is 17.9 Å². The summed E-state index contributed by atoms with van der Waals surface area (Å²) in [4.78, 5) is 12.9. The Hall–Kier alpha value is -1.39. The minimum atomic E-state index is -0.120. The van der Waals surface area contributed by atoms with Gasteiger partial charge >= 0.3 is 0 Å². The van der Waals surface area contributed by atoms with Crippen molar-refractivity contribution in [2.75, 3.05) is 19.7 Å². The van der Waals surface area contributed by atoms with E-state index < -0.39 is 0 Å². The van der Waals surface area contributed by atoms with Crippen LogP contribution in [-0.2, 0) is 9.53 Å². The summed E-state index contributed by atoms with van der Waals surface area (Å²) < 4.78 is 6.01. The Balaban J connectivity index is 1.98. The summed E-state index contributed by atoms with van der Waals surface area (Å²) in [6.45, 7) is 8.49. The summed E-state index contributed by atoms with van der Waals surface area (Å²) in [5.74, 6) is 1.98. The van der Waals surface area contributed by atoms with Gasteiger partial charge in [-0.25, -0.2) is 0 Å². The molecule has 1 saturated carbocycles. The SMILES string of the molecule is CC(C)[C@@H]1CC[C@@H](C)C[C@H]1C(=O)NCC(OCCCN)c1ccccc1. The summed E-state index contributed by atoms with van der Waals surface area (Å²) >= 11 is 0. The summed E-state index contributed by atoms with van der Waals surface area (Å²) in [6, 6.07) is 10.1. The van der Waals surface area contributed by atoms with Crippen molar-refractivity contribution in [1.82, 2.24) is 5.32 Å². The van der Waals surface area contributed by atoms with Gasteiger partial charge in [-0.15, -0.1) is 0 Å². The fourth-order valence-electron chi connectivity index (χ4n) is 4.08. The zero-order valence-corrected chi connectivity index (χ0v) is 16.6. The van der Waals surface area contributed by atoms with Gasteiger partial charge in [0.05, 0.1) is 6.10 Å². The molecule has 0 bridgehead atoms. The Labute approximate surface area is 158 Å². The van der Waals surface area contributed by atoms with Crippen LogP contribution in [0.3, 0.4) is 0 Å². The predicted molar refractivity (Wildman–Crippen MR) is 107 cm³/mol. The second-order valence-electron chi connectivity index (χ2n) is 8.09. The van der Waals surface area contributed by atoms with Gasteiger partial charge in [0.1, 0.15) is 0 Å². The number of carbonyl (C=O) groups is 1. The molecule has 1 aliphatic rings. The Morgan fingerprint density at radius 2 is 2.00 bits per heavy atom. The van der Waals surface area contributed by atoms with Crippen LogP contribution in [-0.4, -0.2) is 25.6 Å². The van der Waals surface area contributed by atoms with Crippen LogP contribution in [0.15, 0.2) is 30.3 Å². The van der Waals surface area contributed by atoms with Gasteiger partial charge in [0, 0.05) is 19.1 Å². The third-order valence-corrected chi connectivity index (χ3v) is 5.66. The lowest BCUT2D eigenvalue weighted by molar-refractivity contribution is -0.130. The van der Waals surface area contributed by atoms with E-state index in [9.17, 15) is 4.79 Å². The van der Waals surface area contributed by atoms with Gasteiger partial charge in [-0.1, -0.05) is 57.5 Å². The number of nitrogens with one attached hydrogen (secondary N) is 1. The summed E-state index contributed by atoms with van der Waals surface area (Å²) in [5.41, 5.74) is 6.68. The van der Waals surface area contributed by atoms with Gasteiger partial charge in [0.15, 0.2) is 0 Å². The first-order valence-corrected chi connectivity index (χ1v) is 10.2. The number of carbonyl (C=O) groups excluding carboxylic acids is 1. The highest BCUT2D eigenvalue weighted by Crippen LogP contribution is 2.38. The fraction of sp³-hybridized carbons (Fsp3) is 0.682. The van der Waals surface area contributed by atoms with E-state index in [1.54, 1.807) is 0 Å². The smallest absolute Gasteiger partial charge is 0.223 e. The minimum Gasteiger partial charge on any atom is -0.372 e. The molecule has 146 valence electrons. The van der Waals surface area contributed by atoms with Crippen molar-refractivity contribution in [3.63, 3.8) is 0 Å². The van der Waals surface area contributed by atoms with Gasteiger partial charge in [-0.05, 0) is 49.1 Å². The molecule has 1 unspecified atom stereocenters. The van der Waals surface area contributed by atoms with Gasteiger partial charge in [-0.3, -0.25) is 4.79 Å². The standard InChI is InChI=1S/C22H36N2O2/c1-16(2)19-11-10-17(3)14-20(19)22(25)24-15-21(26-13-7-12-23)18-8-5-4-6-9-18/h4-6,8-9,16-17,19-21H,7,10-15,23H2,1-3H3,(H,24,25)/t17-,19+,20-,21?/m1/s1. The second kappa shape index (κ2) is 10.7. The molecule has 1 aromatic rings. The third-order valence-electron chi connectivity index (χ3n) is 5.66. The molecule has 4 atom stereocenters. The third kappa shape index (κ3) is 6.10. The molecule has 0 heterocycles. The average molecular weight is 361 g/mol. The molecular formula is C22H36N2O2. The number of ether oxygens (including phenoxy) is 1. The Kier molecular flexibility index (Phi) is 8.60. The van der Waals surface area contributed by atoms with Crippen molar-refractivity contribution in [2.45, 2.75) is 52.6 Å². The van der Waals surface area contributed by atoms with Crippen molar-refractivity contribution in [3.8, 4) is 0 Å². The summed E-state index contributed by atoms with van der Waals surface area (Å²) in [7, 11) is 0. The van der Waals surface area contributed by atoms with E-state index in [0.29, 0.717) is 37.5 Å². The quantitative estimate of drug-likeness (QED) is 0.656. The predicted octanol–water partition coefficient (Wildman–Crippen LogP) is 3.92. The molecule has 0 aromatic heterocycles. The molecule has 3 N–H and O–H groups in total. The van der Waals surface area contributed by atoms with Crippen LogP contribution < -0.4 is 11.1 Å². The highest BCUT2D eigenvalue weighted by Gasteiger charge is 2.35. The van der Waals surface area contributed by atoms with Gasteiger partial charge in [0.2, 0.25) is 5.91 Å². The van der Waals surface area contributed by atoms with Crippen molar-refractivity contribution < 1.29 is 9.53 Å². The molecule has 0 saturated heterocycles. The highest BCUT2D eigenvalue weighted by atomic mass is 16.5. The lowest BCUT2D eigenvalue weighted by atomic mass is 9.70. The molecule has 0 aliphatic heterocycles. The molecule has 1 aliphatic carbocycles. The number of amides is 1. The topological polar surface area (TPSA) is 64.3 Å². The van der Waals surface area contributed by atoms with Gasteiger partial charge < -0.3 is 15.8 Å². The van der Waals surface area contributed by atoms with E-state index in [0.717, 1.165) is 24.8 Å². The zero-order chi connectivity index (χ0) is 18.9. The zero-order valence-electron chi connectivity index (χ0n) is 16.6. The maximum Gasteiger partial charge on any atom is 0.223 e. The van der Waals surface area contributed by atoms with Crippen LogP contribution in [0.5, 0.6) is 0 Å². The van der Waals surface area contributed by atoms with E-state index in [2.05, 4.69) is 38.2 Å². The molecular weight excluding hydrogens is 324 g/mol. The first-order valence-electron chi connectivity index (χ1n) is 10.2. The summed E-state index contributed by atoms with van der Waals surface area (Å²) in [5, 5.41) is 3.19. The van der Waals surface area contributed by atoms with E-state index in [1.807, 2.05) is 18.2 Å². The maximum absolute atomic E-state index is 12.9. The lowest BCUT2D eigenvalue weighted by Gasteiger charge is -2.36. The van der Waals surface area contributed by atoms with Crippen molar-refractivity contribution >= 4 is 5.91 Å². The number of rotatable bonds is 9. The monoisotopic (exact) mass is 360 g/mol. The molecule has 26 heavy (non-hydrogen) atoms. The van der Waals surface area contributed by atoms with Crippen LogP contribution in [0.4, 0.5) is 0 Å². The number of nitrogens with two attached hydrogens (primary N) is 1. The van der Waals surface area contributed by atoms with Crippen LogP contribution in [0.1, 0.15) is 58.1 Å². The van der Waals surface area contributed by atoms with Crippen LogP contribution in [0.25, 0.3) is 0 Å². The molecule has 1 amide bonds. The Morgan fingerprint density at radius 3 is 2.65 bits per heavy atom. The first kappa shape index (κ1) is 20.9. The van der Waals surface area contributed by atoms with E-state index >= 15 is 0 Å². The molecule has 2 rings (SSSR count). The number of hydrogen-bond donors (Lipinski definition) is 2. The van der Waals surface area contributed by atoms with Gasteiger partial charge in [0.25, 0.3) is 0 Å². The first-order chi connectivity index (χ1) is 12.5. The van der Waals surface area contributed by atoms with Crippen LogP contribution in [0.2, 0.25) is 0 Å². The largest absolute Gasteiger partial charge is 0.372 e. The highest BCUT2D eigenvalue weighted by molar-refractivity contribution is 5.79. The van der Waals surface area contributed by atoms with Crippen molar-refractivity contribution in [1.29, 1.82) is 0 Å². The van der Waals surface area contributed by atoms with Crippen molar-refractivity contribution in [2.24, 2.45) is 29.4 Å². The van der Waals surface area contributed by atoms with Crippen molar-refractivity contribution in [3.05, 3.63) is 35.9 Å². The summed E-state index contributed by atoms with van der Waals surface area (Å²) in [6.07, 6.45) is 4.10. The lowest BCUT2D eigenvalue weighted by Crippen LogP contribution is -2.41. The molecule has 4 nitrogen and oxygen atoms in total. The Bertz CT molecular complexity index is 532. The van der Waals surface area contributed by atoms with Crippen LogP contribution in [0, 0.1) is 23.7 Å². The van der Waals surface area contributed by atoms with Crippen LogP contribution >= 0.6 is 0 Å².